The number of hydrogen-bond acceptors (Lipinski definition) is 3. The van der Waals surface area contributed by atoms with Gasteiger partial charge in [0, 0.05) is 6.54 Å². The van der Waals surface area contributed by atoms with Crippen molar-refractivity contribution in [2.45, 2.75) is 13.3 Å². The summed E-state index contributed by atoms with van der Waals surface area (Å²) >= 11 is 0. The zero-order chi connectivity index (χ0) is 15.3. The third kappa shape index (κ3) is 3.69. The van der Waals surface area contributed by atoms with Crippen LogP contribution in [0.4, 0.5) is 17.6 Å². The van der Waals surface area contributed by atoms with Crippen molar-refractivity contribution in [2.75, 3.05) is 13.2 Å². The van der Waals surface area contributed by atoms with Gasteiger partial charge in [-0.15, -0.1) is 0 Å². The number of benzene rings is 1. The van der Waals surface area contributed by atoms with E-state index in [0.717, 1.165) is 0 Å². The summed E-state index contributed by atoms with van der Waals surface area (Å²) in [6, 6.07) is 0.243. The molecule has 0 aliphatic heterocycles. The molecule has 1 aromatic rings. The Labute approximate surface area is 111 Å². The zero-order valence-electron chi connectivity index (χ0n) is 10.4. The summed E-state index contributed by atoms with van der Waals surface area (Å²) in [6.45, 7) is 1.55. The van der Waals surface area contributed by atoms with Gasteiger partial charge in [0.2, 0.25) is 0 Å². The molecule has 4 nitrogen and oxygen atoms in total. The molecule has 0 aliphatic rings. The summed E-state index contributed by atoms with van der Waals surface area (Å²) in [6.07, 6.45) is -0.187. The highest BCUT2D eigenvalue weighted by molar-refractivity contribution is 5.94. The molecule has 0 saturated heterocycles. The van der Waals surface area contributed by atoms with Crippen molar-refractivity contribution in [3.05, 3.63) is 34.9 Å². The van der Waals surface area contributed by atoms with Gasteiger partial charge < -0.3 is 10.1 Å². The Morgan fingerprint density at radius 1 is 1.15 bits per heavy atom. The van der Waals surface area contributed by atoms with Crippen molar-refractivity contribution < 1.29 is 31.9 Å². The van der Waals surface area contributed by atoms with Crippen molar-refractivity contribution in [3.63, 3.8) is 0 Å². The van der Waals surface area contributed by atoms with E-state index in [1.165, 1.54) is 0 Å². The van der Waals surface area contributed by atoms with E-state index >= 15 is 0 Å². The second-order valence-electron chi connectivity index (χ2n) is 3.66. The molecule has 1 N–H and O–H groups in total. The van der Waals surface area contributed by atoms with E-state index in [9.17, 15) is 27.2 Å². The summed E-state index contributed by atoms with van der Waals surface area (Å²) < 4.78 is 56.3. The molecule has 8 heteroatoms. The third-order valence-corrected chi connectivity index (χ3v) is 2.27. The van der Waals surface area contributed by atoms with Crippen LogP contribution in [0, 0.1) is 23.3 Å². The van der Waals surface area contributed by atoms with Crippen molar-refractivity contribution in [1.82, 2.24) is 5.32 Å². The second-order valence-corrected chi connectivity index (χ2v) is 3.66. The molecule has 1 amide bonds. The van der Waals surface area contributed by atoms with Crippen LogP contribution in [0.5, 0.6) is 0 Å². The highest BCUT2D eigenvalue weighted by Gasteiger charge is 2.22. The average Bonchev–Trinajstić information content (AvgIpc) is 2.40. The maximum absolute atomic E-state index is 13.3. The van der Waals surface area contributed by atoms with E-state index in [4.69, 9.17) is 0 Å². The zero-order valence-corrected chi connectivity index (χ0v) is 10.4. The van der Waals surface area contributed by atoms with Gasteiger partial charge in [0.25, 0.3) is 5.91 Å². The largest absolute Gasteiger partial charge is 0.466 e. The van der Waals surface area contributed by atoms with Crippen LogP contribution in [0.1, 0.15) is 23.7 Å². The maximum atomic E-state index is 13.3. The van der Waals surface area contributed by atoms with E-state index in [1.54, 1.807) is 6.92 Å². The highest BCUT2D eigenvalue weighted by Crippen LogP contribution is 2.18. The molecule has 0 aliphatic carbocycles. The van der Waals surface area contributed by atoms with Gasteiger partial charge >= 0.3 is 5.97 Å². The Morgan fingerprint density at radius 3 is 2.40 bits per heavy atom. The Balaban J connectivity index is 2.72. The lowest BCUT2D eigenvalue weighted by atomic mass is 10.1. The summed E-state index contributed by atoms with van der Waals surface area (Å²) in [5.41, 5.74) is -0.981. The molecule has 0 bridgehead atoms. The molecule has 110 valence electrons. The summed E-state index contributed by atoms with van der Waals surface area (Å²) in [7, 11) is 0. The van der Waals surface area contributed by atoms with Crippen LogP contribution in [0.15, 0.2) is 6.07 Å². The lowest BCUT2D eigenvalue weighted by Crippen LogP contribution is -2.28. The molecule has 0 heterocycles. The lowest BCUT2D eigenvalue weighted by molar-refractivity contribution is -0.142. The lowest BCUT2D eigenvalue weighted by Gasteiger charge is -2.07. The number of amides is 1. The van der Waals surface area contributed by atoms with E-state index in [2.05, 4.69) is 10.1 Å². The number of rotatable bonds is 5. The molecular weight excluding hydrogens is 282 g/mol. The van der Waals surface area contributed by atoms with Gasteiger partial charge in [-0.3, -0.25) is 9.59 Å². The van der Waals surface area contributed by atoms with Crippen LogP contribution < -0.4 is 5.32 Å². The molecule has 1 rings (SSSR count). The number of ether oxygens (including phenoxy) is 1. The summed E-state index contributed by atoms with van der Waals surface area (Å²) in [5.74, 6) is -9.29. The Morgan fingerprint density at radius 2 is 1.80 bits per heavy atom. The van der Waals surface area contributed by atoms with Crippen molar-refractivity contribution >= 4 is 11.9 Å². The van der Waals surface area contributed by atoms with Crippen LogP contribution in [-0.4, -0.2) is 25.0 Å². The highest BCUT2D eigenvalue weighted by atomic mass is 19.2. The topological polar surface area (TPSA) is 55.4 Å². The predicted molar refractivity (Wildman–Crippen MR) is 59.9 cm³/mol. The molecule has 0 atom stereocenters. The van der Waals surface area contributed by atoms with Crippen LogP contribution >= 0.6 is 0 Å². The number of esters is 1. The predicted octanol–water partition coefficient (Wildman–Crippen LogP) is 1.93. The molecule has 0 unspecified atom stereocenters. The average molecular weight is 293 g/mol. The fraction of sp³-hybridized carbons (Fsp3) is 0.333. The fourth-order valence-corrected chi connectivity index (χ4v) is 1.34. The van der Waals surface area contributed by atoms with E-state index in [0.29, 0.717) is 0 Å². The number of nitrogens with one attached hydrogen (secondary N) is 1. The van der Waals surface area contributed by atoms with Crippen LogP contribution in [0.2, 0.25) is 0 Å². The monoisotopic (exact) mass is 293 g/mol. The Hall–Kier alpha value is -2.12. The molecule has 0 radical (unpaired) electrons. The molecule has 1 aromatic carbocycles. The Kier molecular flexibility index (Phi) is 5.48. The van der Waals surface area contributed by atoms with Gasteiger partial charge in [-0.05, 0) is 13.0 Å². The van der Waals surface area contributed by atoms with Crippen LogP contribution in [0.25, 0.3) is 0 Å². The normalized spacial score (nSPS) is 10.2. The first-order chi connectivity index (χ1) is 9.38. The van der Waals surface area contributed by atoms with Crippen LogP contribution in [0.3, 0.4) is 0 Å². The second kappa shape index (κ2) is 6.88. The van der Waals surface area contributed by atoms with Gasteiger partial charge in [-0.1, -0.05) is 0 Å². The van der Waals surface area contributed by atoms with Gasteiger partial charge in [-0.2, -0.15) is 0 Å². The molecule has 20 heavy (non-hydrogen) atoms. The summed E-state index contributed by atoms with van der Waals surface area (Å²) in [4.78, 5) is 22.4. The van der Waals surface area contributed by atoms with Gasteiger partial charge in [0.1, 0.15) is 0 Å². The Bertz CT molecular complexity index is 534. The molecule has 0 fully saturated rings. The van der Waals surface area contributed by atoms with E-state index < -0.39 is 40.7 Å². The van der Waals surface area contributed by atoms with Crippen molar-refractivity contribution in [3.8, 4) is 0 Å². The SMILES string of the molecule is CCOC(=O)CCNC(=O)c1cc(F)c(F)c(F)c1F. The van der Waals surface area contributed by atoms with E-state index in [1.807, 2.05) is 0 Å². The minimum Gasteiger partial charge on any atom is -0.466 e. The number of halogens is 4. The van der Waals surface area contributed by atoms with Crippen molar-refractivity contribution in [1.29, 1.82) is 0 Å². The van der Waals surface area contributed by atoms with E-state index in [-0.39, 0.29) is 25.6 Å². The smallest absolute Gasteiger partial charge is 0.307 e. The molecule has 0 saturated carbocycles. The summed E-state index contributed by atoms with van der Waals surface area (Å²) in [5, 5.41) is 2.07. The first-order valence-electron chi connectivity index (χ1n) is 5.65. The fourth-order valence-electron chi connectivity index (χ4n) is 1.34. The standard InChI is InChI=1S/C12H11F4NO3/c1-2-20-8(18)3-4-17-12(19)6-5-7(13)10(15)11(16)9(6)14/h5H,2-4H2,1H3,(H,17,19). The van der Waals surface area contributed by atoms with Crippen LogP contribution in [-0.2, 0) is 9.53 Å². The number of carbonyl (C=O) groups is 2. The molecular formula is C12H11F4NO3. The van der Waals surface area contributed by atoms with Gasteiger partial charge in [0.05, 0.1) is 18.6 Å². The minimum absolute atomic E-state index is 0.162. The maximum Gasteiger partial charge on any atom is 0.307 e. The molecule has 0 spiro atoms. The van der Waals surface area contributed by atoms with Gasteiger partial charge in [-0.25, -0.2) is 17.6 Å². The first-order valence-corrected chi connectivity index (χ1v) is 5.65. The number of carbonyl (C=O) groups excluding carboxylic acids is 2. The molecule has 0 aromatic heterocycles. The van der Waals surface area contributed by atoms with Crippen molar-refractivity contribution in [2.24, 2.45) is 0 Å². The number of hydrogen-bond donors (Lipinski definition) is 1. The third-order valence-electron chi connectivity index (χ3n) is 2.27. The first kappa shape index (κ1) is 15.9. The van der Waals surface area contributed by atoms with Gasteiger partial charge in [0.15, 0.2) is 23.3 Å². The quantitative estimate of drug-likeness (QED) is 0.390. The minimum atomic E-state index is -2.07.